The first-order chi connectivity index (χ1) is 11.0. The molecule has 0 aliphatic rings. The van der Waals surface area contributed by atoms with Crippen LogP contribution in [0.3, 0.4) is 0 Å². The van der Waals surface area contributed by atoms with Gasteiger partial charge in [-0.3, -0.25) is 20.4 Å². The number of ether oxygens (including phenoxy) is 1. The number of amides is 2. The second kappa shape index (κ2) is 7.96. The highest BCUT2D eigenvalue weighted by molar-refractivity contribution is 14.1. The minimum atomic E-state index is -0.429. The van der Waals surface area contributed by atoms with Crippen LogP contribution in [0.15, 0.2) is 42.5 Å². The summed E-state index contributed by atoms with van der Waals surface area (Å²) in [4.78, 5) is 23.7. The summed E-state index contributed by atoms with van der Waals surface area (Å²) < 4.78 is 6.35. The molecule has 0 fully saturated rings. The molecule has 0 saturated carbocycles. The number of rotatable bonds is 4. The third kappa shape index (κ3) is 5.24. The average molecular weight is 424 g/mol. The Bertz CT molecular complexity index is 732. The summed E-state index contributed by atoms with van der Waals surface area (Å²) in [6.45, 7) is 3.74. The molecule has 0 saturated heterocycles. The van der Waals surface area contributed by atoms with Gasteiger partial charge in [-0.25, -0.2) is 0 Å². The van der Waals surface area contributed by atoms with Gasteiger partial charge in [0.2, 0.25) is 0 Å². The van der Waals surface area contributed by atoms with Crippen molar-refractivity contribution in [2.75, 3.05) is 6.61 Å². The number of carbonyl (C=O) groups excluding carboxylic acids is 2. The van der Waals surface area contributed by atoms with Crippen LogP contribution in [0.1, 0.15) is 21.5 Å². The van der Waals surface area contributed by atoms with E-state index in [2.05, 4.69) is 33.4 Å². The van der Waals surface area contributed by atoms with Gasteiger partial charge in [0, 0.05) is 9.13 Å². The normalized spacial score (nSPS) is 10.0. The van der Waals surface area contributed by atoms with Crippen molar-refractivity contribution in [2.45, 2.75) is 13.8 Å². The first-order valence-corrected chi connectivity index (χ1v) is 8.08. The summed E-state index contributed by atoms with van der Waals surface area (Å²) >= 11 is 2.16. The predicted molar refractivity (Wildman–Crippen MR) is 96.2 cm³/mol. The van der Waals surface area contributed by atoms with Gasteiger partial charge in [-0.2, -0.15) is 0 Å². The van der Waals surface area contributed by atoms with Crippen LogP contribution in [0.5, 0.6) is 5.75 Å². The highest BCUT2D eigenvalue weighted by Crippen LogP contribution is 2.13. The summed E-state index contributed by atoms with van der Waals surface area (Å²) in [6.07, 6.45) is 0. The van der Waals surface area contributed by atoms with Crippen LogP contribution in [0.25, 0.3) is 0 Å². The molecule has 5 nitrogen and oxygen atoms in total. The van der Waals surface area contributed by atoms with E-state index in [1.807, 2.05) is 38.1 Å². The lowest BCUT2D eigenvalue weighted by Crippen LogP contribution is -2.43. The minimum Gasteiger partial charge on any atom is -0.484 e. The van der Waals surface area contributed by atoms with E-state index in [0.29, 0.717) is 11.3 Å². The van der Waals surface area contributed by atoms with Crippen molar-refractivity contribution in [3.8, 4) is 5.75 Å². The summed E-state index contributed by atoms with van der Waals surface area (Å²) in [5.41, 5.74) is 7.33. The number of hydrogen-bond acceptors (Lipinski definition) is 3. The smallest absolute Gasteiger partial charge is 0.276 e. The van der Waals surface area contributed by atoms with Crippen molar-refractivity contribution < 1.29 is 14.3 Å². The van der Waals surface area contributed by atoms with Crippen LogP contribution in [-0.4, -0.2) is 18.4 Å². The molecule has 6 heteroatoms. The lowest BCUT2D eigenvalue weighted by Gasteiger charge is -2.09. The summed E-state index contributed by atoms with van der Waals surface area (Å²) in [5, 5.41) is 0. The van der Waals surface area contributed by atoms with Crippen molar-refractivity contribution in [3.05, 3.63) is 62.7 Å². The van der Waals surface area contributed by atoms with Crippen molar-refractivity contribution >= 4 is 34.4 Å². The number of hydrogen-bond donors (Lipinski definition) is 2. The number of carbonyl (C=O) groups is 2. The van der Waals surface area contributed by atoms with Gasteiger partial charge in [-0.1, -0.05) is 18.2 Å². The van der Waals surface area contributed by atoms with Gasteiger partial charge in [0.15, 0.2) is 6.61 Å². The molecule has 0 atom stereocenters. The first kappa shape index (κ1) is 17.3. The average Bonchev–Trinajstić information content (AvgIpc) is 2.53. The quantitative estimate of drug-likeness (QED) is 0.586. The predicted octanol–water partition coefficient (Wildman–Crippen LogP) is 2.75. The van der Waals surface area contributed by atoms with E-state index in [0.717, 1.165) is 14.7 Å². The molecule has 0 unspecified atom stereocenters. The Morgan fingerprint density at radius 1 is 1.09 bits per heavy atom. The van der Waals surface area contributed by atoms with Crippen LogP contribution in [-0.2, 0) is 4.79 Å². The maximum atomic E-state index is 12.0. The van der Waals surface area contributed by atoms with E-state index in [9.17, 15) is 9.59 Å². The second-order valence-corrected chi connectivity index (χ2v) is 6.23. The van der Waals surface area contributed by atoms with Gasteiger partial charge in [-0.05, 0) is 71.8 Å². The van der Waals surface area contributed by atoms with Crippen LogP contribution < -0.4 is 15.6 Å². The molecule has 2 N–H and O–H groups in total. The van der Waals surface area contributed by atoms with E-state index in [1.54, 1.807) is 18.2 Å². The largest absolute Gasteiger partial charge is 0.484 e. The molecular weight excluding hydrogens is 407 g/mol. The molecule has 2 aromatic rings. The molecule has 0 bridgehead atoms. The summed E-state index contributed by atoms with van der Waals surface area (Å²) in [6, 6.07) is 12.7. The van der Waals surface area contributed by atoms with Gasteiger partial charge in [0.1, 0.15) is 5.75 Å². The van der Waals surface area contributed by atoms with Gasteiger partial charge >= 0.3 is 0 Å². The van der Waals surface area contributed by atoms with Gasteiger partial charge in [-0.15, -0.1) is 0 Å². The van der Waals surface area contributed by atoms with E-state index in [-0.39, 0.29) is 12.5 Å². The molecule has 2 amide bonds. The maximum Gasteiger partial charge on any atom is 0.276 e. The van der Waals surface area contributed by atoms with Gasteiger partial charge in [0.25, 0.3) is 11.8 Å². The molecule has 2 rings (SSSR count). The van der Waals surface area contributed by atoms with Crippen LogP contribution in [0.2, 0.25) is 0 Å². The lowest BCUT2D eigenvalue weighted by molar-refractivity contribution is -0.123. The van der Waals surface area contributed by atoms with Gasteiger partial charge < -0.3 is 4.74 Å². The third-order valence-electron chi connectivity index (χ3n) is 3.11. The molecule has 0 radical (unpaired) electrons. The molecule has 2 aromatic carbocycles. The maximum absolute atomic E-state index is 12.0. The molecule has 0 aromatic heterocycles. The molecule has 0 spiro atoms. The minimum absolute atomic E-state index is 0.171. The number of halogens is 1. The fourth-order valence-corrected chi connectivity index (χ4v) is 2.34. The van der Waals surface area contributed by atoms with Crippen molar-refractivity contribution in [1.29, 1.82) is 0 Å². The number of hydrazine groups is 1. The van der Waals surface area contributed by atoms with E-state index >= 15 is 0 Å². The van der Waals surface area contributed by atoms with Gasteiger partial charge in [0.05, 0.1) is 0 Å². The summed E-state index contributed by atoms with van der Waals surface area (Å²) in [7, 11) is 0. The van der Waals surface area contributed by atoms with Crippen molar-refractivity contribution in [2.24, 2.45) is 0 Å². The Balaban J connectivity index is 1.81. The highest BCUT2D eigenvalue weighted by atomic mass is 127. The SMILES string of the molecule is Cc1cccc(OCC(=O)NNC(=O)c2ccc(C)c(I)c2)c1. The first-order valence-electron chi connectivity index (χ1n) is 7.00. The van der Waals surface area contributed by atoms with Crippen molar-refractivity contribution in [1.82, 2.24) is 10.9 Å². The Kier molecular flexibility index (Phi) is 5.97. The second-order valence-electron chi connectivity index (χ2n) is 5.07. The Morgan fingerprint density at radius 3 is 2.57 bits per heavy atom. The number of aryl methyl sites for hydroxylation is 2. The molecular formula is C17H17IN2O3. The van der Waals surface area contributed by atoms with Crippen LogP contribution >= 0.6 is 22.6 Å². The van der Waals surface area contributed by atoms with Crippen LogP contribution in [0, 0.1) is 17.4 Å². The fourth-order valence-electron chi connectivity index (χ4n) is 1.82. The Morgan fingerprint density at radius 2 is 1.87 bits per heavy atom. The van der Waals surface area contributed by atoms with E-state index in [1.165, 1.54) is 0 Å². The molecule has 23 heavy (non-hydrogen) atoms. The standard InChI is InChI=1S/C17H17IN2O3/c1-11-4-3-5-14(8-11)23-10-16(21)19-20-17(22)13-7-6-12(2)15(18)9-13/h3-9H,10H2,1-2H3,(H,19,21)(H,20,22). The number of benzene rings is 2. The Labute approximate surface area is 148 Å². The van der Waals surface area contributed by atoms with Crippen molar-refractivity contribution in [3.63, 3.8) is 0 Å². The molecule has 0 aliphatic heterocycles. The third-order valence-corrected chi connectivity index (χ3v) is 4.27. The monoisotopic (exact) mass is 424 g/mol. The zero-order chi connectivity index (χ0) is 16.8. The Hall–Kier alpha value is -2.09. The van der Waals surface area contributed by atoms with Crippen LogP contribution in [0.4, 0.5) is 0 Å². The molecule has 0 aliphatic carbocycles. The molecule has 0 heterocycles. The molecule has 120 valence electrons. The highest BCUT2D eigenvalue weighted by Gasteiger charge is 2.09. The summed E-state index contributed by atoms with van der Waals surface area (Å²) in [5.74, 6) is -0.187. The van der Waals surface area contributed by atoms with E-state index < -0.39 is 5.91 Å². The fraction of sp³-hybridized carbons (Fsp3) is 0.176. The lowest BCUT2D eigenvalue weighted by atomic mass is 10.1. The topological polar surface area (TPSA) is 67.4 Å². The number of nitrogens with one attached hydrogen (secondary N) is 2. The zero-order valence-corrected chi connectivity index (χ0v) is 15.0. The zero-order valence-electron chi connectivity index (χ0n) is 12.9. The van der Waals surface area contributed by atoms with E-state index in [4.69, 9.17) is 4.74 Å².